The Bertz CT molecular complexity index is 1290. The number of amides is 3. The van der Waals surface area contributed by atoms with E-state index >= 15 is 0 Å². The number of carbonyl (C=O) groups excluding carboxylic acids is 3. The number of nitrogens with zero attached hydrogens (tertiary/aromatic N) is 2. The van der Waals surface area contributed by atoms with Gasteiger partial charge in [-0.05, 0) is 74.7 Å². The van der Waals surface area contributed by atoms with E-state index in [9.17, 15) is 14.4 Å². The highest BCUT2D eigenvalue weighted by atomic mass is 35.5. The first-order valence-electron chi connectivity index (χ1n) is 11.5. The van der Waals surface area contributed by atoms with Gasteiger partial charge in [-0.15, -0.1) is 11.3 Å². The Labute approximate surface area is 207 Å². The maximum Gasteiger partial charge on any atom is 0.325 e. The van der Waals surface area contributed by atoms with Crippen LogP contribution in [-0.2, 0) is 29.7 Å². The van der Waals surface area contributed by atoms with E-state index in [2.05, 4.69) is 9.88 Å². The van der Waals surface area contributed by atoms with E-state index in [1.807, 2.05) is 55.6 Å². The second kappa shape index (κ2) is 8.71. The molecular weight excluding hydrogens is 470 g/mol. The number of hydrogen-bond donors (Lipinski definition) is 1. The van der Waals surface area contributed by atoms with Gasteiger partial charge in [0.1, 0.15) is 5.54 Å². The van der Waals surface area contributed by atoms with Crippen LogP contribution >= 0.6 is 22.9 Å². The predicted molar refractivity (Wildman–Crippen MR) is 133 cm³/mol. The summed E-state index contributed by atoms with van der Waals surface area (Å²) in [5, 5.41) is 5.59. The number of carbonyl (C=O) groups is 3. The summed E-state index contributed by atoms with van der Waals surface area (Å²) >= 11 is 7.59. The van der Waals surface area contributed by atoms with Crippen LogP contribution < -0.4 is 5.32 Å². The zero-order valence-corrected chi connectivity index (χ0v) is 20.8. The first kappa shape index (κ1) is 22.9. The van der Waals surface area contributed by atoms with Crippen LogP contribution in [0, 0.1) is 13.8 Å². The average Bonchev–Trinajstić information content (AvgIpc) is 3.47. The molecule has 2 aliphatic rings. The van der Waals surface area contributed by atoms with Crippen molar-refractivity contribution in [1.82, 2.24) is 14.8 Å². The maximum absolute atomic E-state index is 13.4. The van der Waals surface area contributed by atoms with Gasteiger partial charge in [-0.25, -0.2) is 4.79 Å². The molecule has 1 aromatic carbocycles. The summed E-state index contributed by atoms with van der Waals surface area (Å²) < 4.78 is 2.11. The molecule has 1 unspecified atom stereocenters. The molecule has 1 N–H and O–H groups in total. The van der Waals surface area contributed by atoms with E-state index in [0.29, 0.717) is 17.0 Å². The smallest absolute Gasteiger partial charge is 0.325 e. The Morgan fingerprint density at radius 1 is 1.18 bits per heavy atom. The predicted octanol–water partition coefficient (Wildman–Crippen LogP) is 5.03. The van der Waals surface area contributed by atoms with E-state index in [0.717, 1.165) is 58.1 Å². The van der Waals surface area contributed by atoms with Crippen LogP contribution in [-0.4, -0.2) is 33.7 Å². The Hall–Kier alpha value is -2.90. The summed E-state index contributed by atoms with van der Waals surface area (Å²) in [5.74, 6) is -0.547. The van der Waals surface area contributed by atoms with Gasteiger partial charge in [0.2, 0.25) is 0 Å². The Morgan fingerprint density at radius 3 is 2.71 bits per heavy atom. The normalized spacial score (nSPS) is 19.6. The number of fused-ring (bicyclic) bond motifs is 2. The highest BCUT2D eigenvalue weighted by Gasteiger charge is 2.54. The lowest BCUT2D eigenvalue weighted by molar-refractivity contribution is -0.131. The molecule has 8 heteroatoms. The highest BCUT2D eigenvalue weighted by molar-refractivity contribution is 7.10. The number of aromatic nitrogens is 1. The molecule has 0 saturated carbocycles. The number of aryl methyl sites for hydroxylation is 3. The maximum atomic E-state index is 13.4. The van der Waals surface area contributed by atoms with Gasteiger partial charge in [0.25, 0.3) is 5.91 Å². The van der Waals surface area contributed by atoms with Gasteiger partial charge in [-0.3, -0.25) is 14.5 Å². The molecule has 1 aliphatic carbocycles. The molecule has 1 fully saturated rings. The van der Waals surface area contributed by atoms with Crippen LogP contribution in [0.15, 0.2) is 41.8 Å². The molecule has 2 aromatic heterocycles. The van der Waals surface area contributed by atoms with Crippen LogP contribution in [0.4, 0.5) is 4.79 Å². The van der Waals surface area contributed by atoms with Gasteiger partial charge >= 0.3 is 6.03 Å². The molecule has 1 atom stereocenters. The number of ketones is 1. The largest absolute Gasteiger partial charge is 0.348 e. The molecule has 1 saturated heterocycles. The molecule has 176 valence electrons. The zero-order valence-electron chi connectivity index (χ0n) is 19.2. The lowest BCUT2D eigenvalue weighted by Gasteiger charge is -2.31. The van der Waals surface area contributed by atoms with Crippen LogP contribution in [0.1, 0.15) is 50.6 Å². The fourth-order valence-electron chi connectivity index (χ4n) is 5.23. The third-order valence-electron chi connectivity index (χ3n) is 7.05. The molecule has 6 nitrogen and oxygen atoms in total. The lowest BCUT2D eigenvalue weighted by atomic mass is 9.80. The molecule has 0 bridgehead atoms. The second-order valence-electron chi connectivity index (χ2n) is 9.07. The van der Waals surface area contributed by atoms with Crippen LogP contribution in [0.25, 0.3) is 0 Å². The van der Waals surface area contributed by atoms with Crippen LogP contribution in [0.3, 0.4) is 0 Å². The van der Waals surface area contributed by atoms with Crippen molar-refractivity contribution in [3.8, 4) is 0 Å². The number of urea groups is 1. The Kier molecular flexibility index (Phi) is 5.86. The number of hydrogen-bond acceptors (Lipinski definition) is 4. The first-order valence-corrected chi connectivity index (χ1v) is 12.7. The first-order chi connectivity index (χ1) is 16.3. The lowest BCUT2D eigenvalue weighted by Crippen LogP contribution is -2.46. The number of rotatable bonds is 6. The summed E-state index contributed by atoms with van der Waals surface area (Å²) in [5.41, 5.74) is 3.39. The number of imide groups is 1. The van der Waals surface area contributed by atoms with Crippen molar-refractivity contribution in [2.24, 2.45) is 0 Å². The zero-order chi connectivity index (χ0) is 24.0. The van der Waals surface area contributed by atoms with Crippen LogP contribution in [0.2, 0.25) is 5.02 Å². The van der Waals surface area contributed by atoms with E-state index in [-0.39, 0.29) is 18.2 Å². The van der Waals surface area contributed by atoms with Crippen molar-refractivity contribution in [3.63, 3.8) is 0 Å². The molecule has 3 amide bonds. The minimum atomic E-state index is -1.03. The fraction of sp³-hybridized carbons (Fsp3) is 0.346. The number of benzene rings is 1. The summed E-state index contributed by atoms with van der Waals surface area (Å²) in [7, 11) is 0. The molecule has 34 heavy (non-hydrogen) atoms. The van der Waals surface area contributed by atoms with Crippen molar-refractivity contribution in [3.05, 3.63) is 79.8 Å². The summed E-state index contributed by atoms with van der Waals surface area (Å²) in [6.07, 6.45) is 3.11. The van der Waals surface area contributed by atoms with Crippen molar-refractivity contribution in [1.29, 1.82) is 0 Å². The van der Waals surface area contributed by atoms with Gasteiger partial charge in [-0.2, -0.15) is 0 Å². The molecule has 3 heterocycles. The standard InChI is InChI=1S/C26H26ClN3O3S/c1-16-14-20(17(2)29(16)12-9-18-5-7-19(27)8-6-18)22(31)15-30-24(32)26(28-25(30)33)11-3-4-23-21(26)10-13-34-23/h5-8,10,13-14H,3-4,9,11-12,15H2,1-2H3,(H,28,33). The van der Waals surface area contributed by atoms with E-state index < -0.39 is 11.6 Å². The minimum absolute atomic E-state index is 0.229. The fourth-order valence-corrected chi connectivity index (χ4v) is 6.36. The minimum Gasteiger partial charge on any atom is -0.348 e. The van der Waals surface area contributed by atoms with E-state index in [1.165, 1.54) is 0 Å². The molecule has 1 aliphatic heterocycles. The monoisotopic (exact) mass is 495 g/mol. The number of halogens is 1. The van der Waals surface area contributed by atoms with Gasteiger partial charge in [0.15, 0.2) is 5.78 Å². The molecular formula is C26H26ClN3O3S. The van der Waals surface area contributed by atoms with Crippen molar-refractivity contribution in [2.45, 2.75) is 51.6 Å². The third-order valence-corrected chi connectivity index (χ3v) is 8.28. The van der Waals surface area contributed by atoms with Gasteiger partial charge in [-0.1, -0.05) is 23.7 Å². The highest BCUT2D eigenvalue weighted by Crippen LogP contribution is 2.42. The Balaban J connectivity index is 1.33. The second-order valence-corrected chi connectivity index (χ2v) is 10.5. The third kappa shape index (κ3) is 3.77. The van der Waals surface area contributed by atoms with Gasteiger partial charge in [0, 0.05) is 39.0 Å². The SMILES string of the molecule is Cc1cc(C(=O)CN2C(=O)NC3(CCCc4sccc43)C2=O)c(C)n1CCc1ccc(Cl)cc1. The van der Waals surface area contributed by atoms with Crippen molar-refractivity contribution in [2.75, 3.05) is 6.54 Å². The quantitative estimate of drug-likeness (QED) is 0.385. The van der Waals surface area contributed by atoms with Gasteiger partial charge in [0.05, 0.1) is 6.54 Å². The van der Waals surface area contributed by atoms with E-state index in [4.69, 9.17) is 11.6 Å². The Morgan fingerprint density at radius 2 is 1.94 bits per heavy atom. The summed E-state index contributed by atoms with van der Waals surface area (Å²) in [6.45, 7) is 4.34. The van der Waals surface area contributed by atoms with Crippen molar-refractivity contribution >= 4 is 40.7 Å². The molecule has 0 radical (unpaired) electrons. The number of nitrogens with one attached hydrogen (secondary N) is 1. The summed E-state index contributed by atoms with van der Waals surface area (Å²) in [6, 6.07) is 11.0. The summed E-state index contributed by atoms with van der Waals surface area (Å²) in [4.78, 5) is 41.8. The van der Waals surface area contributed by atoms with E-state index in [1.54, 1.807) is 11.3 Å². The van der Waals surface area contributed by atoms with Crippen molar-refractivity contribution < 1.29 is 14.4 Å². The number of Topliss-reactive ketones (excluding diaryl/α,β-unsaturated/α-hetero) is 1. The number of thiophene rings is 1. The van der Waals surface area contributed by atoms with Gasteiger partial charge < -0.3 is 9.88 Å². The average molecular weight is 496 g/mol. The molecule has 5 rings (SSSR count). The molecule has 1 spiro atoms. The topological polar surface area (TPSA) is 71.4 Å². The molecule has 3 aromatic rings. The van der Waals surface area contributed by atoms with Crippen LogP contribution in [0.5, 0.6) is 0 Å².